The third-order valence-electron chi connectivity index (χ3n) is 4.53. The summed E-state index contributed by atoms with van der Waals surface area (Å²) in [6.45, 7) is 2.70. The van der Waals surface area contributed by atoms with E-state index in [9.17, 15) is 15.0 Å². The molecule has 0 spiro atoms. The number of esters is 1. The smallest absolute Gasteiger partial charge is 0.338 e. The molecule has 5 nitrogen and oxygen atoms in total. The molecule has 0 unspecified atom stereocenters. The van der Waals surface area contributed by atoms with Crippen LogP contribution in [-0.2, 0) is 11.2 Å². The Morgan fingerprint density at radius 1 is 0.964 bits per heavy atom. The van der Waals surface area contributed by atoms with Crippen molar-refractivity contribution < 1.29 is 24.5 Å². The summed E-state index contributed by atoms with van der Waals surface area (Å²) < 4.78 is 10.8. The van der Waals surface area contributed by atoms with Gasteiger partial charge in [-0.2, -0.15) is 0 Å². The highest BCUT2D eigenvalue weighted by molar-refractivity contribution is 5.95. The van der Waals surface area contributed by atoms with E-state index in [1.165, 1.54) is 6.07 Å². The van der Waals surface area contributed by atoms with Gasteiger partial charge in [-0.15, -0.1) is 0 Å². The number of benzene rings is 3. The lowest BCUT2D eigenvalue weighted by molar-refractivity contribution is 0.0526. The fourth-order valence-corrected chi connectivity index (χ4v) is 3.04. The SMILES string of the molecule is CCOC(=O)c1ccc2cc(OCCCCc3cccc(O)c3O)ccc2c1. The molecule has 0 saturated heterocycles. The molecule has 0 aliphatic carbocycles. The fraction of sp³-hybridized carbons (Fsp3) is 0.261. The summed E-state index contributed by atoms with van der Waals surface area (Å²) in [7, 11) is 0. The van der Waals surface area contributed by atoms with Crippen LogP contribution in [0.2, 0.25) is 0 Å². The molecule has 146 valence electrons. The third kappa shape index (κ3) is 4.74. The molecule has 0 amide bonds. The summed E-state index contributed by atoms with van der Waals surface area (Å²) in [5.74, 6) is 0.329. The van der Waals surface area contributed by atoms with E-state index in [4.69, 9.17) is 9.47 Å². The van der Waals surface area contributed by atoms with Crippen LogP contribution in [0.4, 0.5) is 0 Å². The number of hydrogen-bond donors (Lipinski definition) is 2. The molecule has 3 aromatic rings. The predicted molar refractivity (Wildman–Crippen MR) is 108 cm³/mol. The number of rotatable bonds is 8. The van der Waals surface area contributed by atoms with Crippen molar-refractivity contribution >= 4 is 16.7 Å². The Bertz CT molecular complexity index is 964. The van der Waals surface area contributed by atoms with Crippen LogP contribution in [0.15, 0.2) is 54.6 Å². The molecular formula is C23H24O5. The first-order valence-corrected chi connectivity index (χ1v) is 9.42. The highest BCUT2D eigenvalue weighted by Crippen LogP contribution is 2.29. The van der Waals surface area contributed by atoms with E-state index in [2.05, 4.69) is 0 Å². The molecule has 5 heteroatoms. The first kappa shape index (κ1) is 19.5. The zero-order valence-electron chi connectivity index (χ0n) is 15.9. The van der Waals surface area contributed by atoms with Gasteiger partial charge in [-0.3, -0.25) is 0 Å². The lowest BCUT2D eigenvalue weighted by Crippen LogP contribution is -2.04. The van der Waals surface area contributed by atoms with Crippen molar-refractivity contribution in [3.05, 3.63) is 65.7 Å². The van der Waals surface area contributed by atoms with Crippen LogP contribution < -0.4 is 4.74 Å². The number of ether oxygens (including phenoxy) is 2. The van der Waals surface area contributed by atoms with E-state index >= 15 is 0 Å². The third-order valence-corrected chi connectivity index (χ3v) is 4.53. The predicted octanol–water partition coefficient (Wildman–Crippen LogP) is 4.83. The minimum atomic E-state index is -0.317. The molecule has 0 atom stereocenters. The molecule has 0 radical (unpaired) electrons. The van der Waals surface area contributed by atoms with Crippen molar-refractivity contribution in [3.8, 4) is 17.2 Å². The van der Waals surface area contributed by atoms with Crippen LogP contribution in [0.5, 0.6) is 17.2 Å². The minimum absolute atomic E-state index is 0.0415. The highest BCUT2D eigenvalue weighted by Gasteiger charge is 2.08. The molecule has 0 saturated carbocycles. The molecule has 3 rings (SSSR count). The normalized spacial score (nSPS) is 10.8. The van der Waals surface area contributed by atoms with Crippen LogP contribution in [-0.4, -0.2) is 29.4 Å². The number of phenolic OH excluding ortho intramolecular Hbond substituents is 2. The van der Waals surface area contributed by atoms with Crippen LogP contribution in [0.3, 0.4) is 0 Å². The molecule has 3 aromatic carbocycles. The van der Waals surface area contributed by atoms with Crippen molar-refractivity contribution in [2.75, 3.05) is 13.2 Å². The van der Waals surface area contributed by atoms with E-state index in [0.29, 0.717) is 25.2 Å². The molecule has 0 bridgehead atoms. The Kier molecular flexibility index (Phi) is 6.37. The topological polar surface area (TPSA) is 76.0 Å². The Morgan fingerprint density at radius 3 is 2.57 bits per heavy atom. The number of unbranched alkanes of at least 4 members (excludes halogenated alkanes) is 1. The maximum absolute atomic E-state index is 11.8. The molecule has 0 aliphatic heterocycles. The van der Waals surface area contributed by atoms with Gasteiger partial charge < -0.3 is 19.7 Å². The summed E-state index contributed by atoms with van der Waals surface area (Å²) in [5.41, 5.74) is 1.28. The first-order chi connectivity index (χ1) is 13.6. The standard InChI is InChI=1S/C23H24O5/c1-2-27-23(26)19-10-9-18-15-20(12-11-17(18)14-19)28-13-4-3-6-16-7-5-8-21(24)22(16)25/h5,7-12,14-15,24-25H,2-4,6,13H2,1H3. The summed E-state index contributed by atoms with van der Waals surface area (Å²) in [6, 6.07) is 16.2. The molecule has 0 aliphatic rings. The number of carbonyl (C=O) groups excluding carboxylic acids is 1. The van der Waals surface area contributed by atoms with Gasteiger partial charge in [0.15, 0.2) is 11.5 Å². The van der Waals surface area contributed by atoms with Crippen LogP contribution in [0.1, 0.15) is 35.7 Å². The average molecular weight is 380 g/mol. The highest BCUT2D eigenvalue weighted by atomic mass is 16.5. The Labute approximate surface area is 164 Å². The summed E-state index contributed by atoms with van der Waals surface area (Å²) >= 11 is 0. The number of aryl methyl sites for hydroxylation is 1. The Balaban J connectivity index is 1.52. The molecule has 28 heavy (non-hydrogen) atoms. The molecule has 2 N–H and O–H groups in total. The second-order valence-electron chi connectivity index (χ2n) is 6.53. The molecular weight excluding hydrogens is 356 g/mol. The van der Waals surface area contributed by atoms with E-state index in [1.54, 1.807) is 19.1 Å². The molecule has 0 fully saturated rings. The maximum Gasteiger partial charge on any atom is 0.338 e. The van der Waals surface area contributed by atoms with Gasteiger partial charge in [0.1, 0.15) is 5.75 Å². The van der Waals surface area contributed by atoms with Crippen molar-refractivity contribution in [2.24, 2.45) is 0 Å². The summed E-state index contributed by atoms with van der Waals surface area (Å²) in [4.78, 5) is 11.8. The second kappa shape index (κ2) is 9.13. The van der Waals surface area contributed by atoms with Gasteiger partial charge >= 0.3 is 5.97 Å². The number of fused-ring (bicyclic) bond motifs is 1. The molecule has 0 aromatic heterocycles. The second-order valence-corrected chi connectivity index (χ2v) is 6.53. The van der Waals surface area contributed by atoms with E-state index in [0.717, 1.165) is 34.9 Å². The average Bonchev–Trinajstić information content (AvgIpc) is 2.70. The van der Waals surface area contributed by atoms with Gasteiger partial charge in [0.05, 0.1) is 18.8 Å². The number of carbonyl (C=O) groups is 1. The maximum atomic E-state index is 11.8. The van der Waals surface area contributed by atoms with Crippen molar-refractivity contribution in [3.63, 3.8) is 0 Å². The minimum Gasteiger partial charge on any atom is -0.504 e. The number of para-hydroxylation sites is 1. The Morgan fingerprint density at radius 2 is 1.75 bits per heavy atom. The van der Waals surface area contributed by atoms with Crippen molar-refractivity contribution in [1.82, 2.24) is 0 Å². The van der Waals surface area contributed by atoms with Gasteiger partial charge in [0, 0.05) is 0 Å². The van der Waals surface area contributed by atoms with Crippen molar-refractivity contribution in [2.45, 2.75) is 26.2 Å². The van der Waals surface area contributed by atoms with Gasteiger partial charge in [-0.25, -0.2) is 4.79 Å². The fourth-order valence-electron chi connectivity index (χ4n) is 3.04. The van der Waals surface area contributed by atoms with Gasteiger partial charge in [0.2, 0.25) is 0 Å². The van der Waals surface area contributed by atoms with E-state index in [-0.39, 0.29) is 17.5 Å². The van der Waals surface area contributed by atoms with E-state index < -0.39 is 0 Å². The lowest BCUT2D eigenvalue weighted by atomic mass is 10.1. The summed E-state index contributed by atoms with van der Waals surface area (Å²) in [5, 5.41) is 21.3. The Hall–Kier alpha value is -3.21. The van der Waals surface area contributed by atoms with Gasteiger partial charge in [0.25, 0.3) is 0 Å². The lowest BCUT2D eigenvalue weighted by Gasteiger charge is -2.09. The largest absolute Gasteiger partial charge is 0.504 e. The quantitative estimate of drug-likeness (QED) is 0.333. The van der Waals surface area contributed by atoms with Crippen LogP contribution in [0, 0.1) is 0 Å². The van der Waals surface area contributed by atoms with Crippen LogP contribution >= 0.6 is 0 Å². The molecule has 0 heterocycles. The number of hydrogen-bond acceptors (Lipinski definition) is 5. The van der Waals surface area contributed by atoms with Gasteiger partial charge in [-0.1, -0.05) is 24.3 Å². The first-order valence-electron chi connectivity index (χ1n) is 9.42. The van der Waals surface area contributed by atoms with Crippen LogP contribution in [0.25, 0.3) is 10.8 Å². The number of phenols is 2. The van der Waals surface area contributed by atoms with Gasteiger partial charge in [-0.05, 0) is 72.9 Å². The van der Waals surface area contributed by atoms with Crippen molar-refractivity contribution in [1.29, 1.82) is 0 Å². The zero-order chi connectivity index (χ0) is 19.9. The van der Waals surface area contributed by atoms with E-state index in [1.807, 2.05) is 36.4 Å². The monoisotopic (exact) mass is 380 g/mol. The number of aromatic hydroxyl groups is 2. The summed E-state index contributed by atoms with van der Waals surface area (Å²) in [6.07, 6.45) is 2.35. The zero-order valence-corrected chi connectivity index (χ0v) is 15.9.